The van der Waals surface area contributed by atoms with Gasteiger partial charge in [0.25, 0.3) is 5.91 Å². The summed E-state index contributed by atoms with van der Waals surface area (Å²) in [5.41, 5.74) is 1.15. The molecule has 3 rings (SSSR count). The molecule has 5 nitrogen and oxygen atoms in total. The molecule has 0 atom stereocenters. The van der Waals surface area contributed by atoms with Gasteiger partial charge in [0.15, 0.2) is 6.61 Å². The third kappa shape index (κ3) is 4.34. The van der Waals surface area contributed by atoms with E-state index in [1.54, 1.807) is 52.5 Å². The average Bonchev–Trinajstić information content (AvgIpc) is 3.20. The topological polar surface area (TPSA) is 56.1 Å². The van der Waals surface area contributed by atoms with E-state index in [1.165, 1.54) is 0 Å². The summed E-state index contributed by atoms with van der Waals surface area (Å²) in [6, 6.07) is 10.6. The molecule has 1 amide bonds. The van der Waals surface area contributed by atoms with Crippen molar-refractivity contribution in [3.63, 3.8) is 0 Å². The number of hydrogen-bond donors (Lipinski definition) is 1. The first-order chi connectivity index (χ1) is 11.2. The van der Waals surface area contributed by atoms with Crippen LogP contribution in [-0.2, 0) is 11.3 Å². The number of anilines is 1. The molecule has 0 saturated heterocycles. The number of halogens is 1. The molecule has 7 heteroatoms. The lowest BCUT2D eigenvalue weighted by Crippen LogP contribution is -2.22. The number of amides is 1. The molecule has 3 aromatic rings. The fourth-order valence-electron chi connectivity index (χ4n) is 1.98. The molecule has 0 aliphatic heterocycles. The normalized spacial score (nSPS) is 10.5. The first-order valence-corrected chi connectivity index (χ1v) is 8.24. The molecular weight excluding hydrogens is 334 g/mol. The Morgan fingerprint density at radius 3 is 2.83 bits per heavy atom. The summed E-state index contributed by atoms with van der Waals surface area (Å²) in [7, 11) is 0. The van der Waals surface area contributed by atoms with E-state index in [0.717, 1.165) is 5.56 Å². The van der Waals surface area contributed by atoms with Gasteiger partial charge < -0.3 is 10.1 Å². The van der Waals surface area contributed by atoms with Gasteiger partial charge in [-0.25, -0.2) is 4.68 Å². The maximum Gasteiger partial charge on any atom is 0.263 e. The molecule has 1 N–H and O–H groups in total. The van der Waals surface area contributed by atoms with Crippen LogP contribution in [0.5, 0.6) is 5.75 Å². The van der Waals surface area contributed by atoms with Crippen LogP contribution >= 0.6 is 22.9 Å². The Balaban J connectivity index is 1.56. The van der Waals surface area contributed by atoms with Crippen molar-refractivity contribution in [2.45, 2.75) is 6.54 Å². The molecule has 2 heterocycles. The van der Waals surface area contributed by atoms with E-state index in [4.69, 9.17) is 16.3 Å². The van der Waals surface area contributed by atoms with Crippen LogP contribution in [0.25, 0.3) is 0 Å². The number of nitrogens with one attached hydrogen (secondary N) is 1. The highest BCUT2D eigenvalue weighted by molar-refractivity contribution is 7.07. The van der Waals surface area contributed by atoms with Crippen molar-refractivity contribution in [1.29, 1.82) is 0 Å². The van der Waals surface area contributed by atoms with Crippen molar-refractivity contribution in [3.8, 4) is 5.75 Å². The Morgan fingerprint density at radius 1 is 1.26 bits per heavy atom. The predicted molar refractivity (Wildman–Crippen MR) is 91.2 cm³/mol. The standard InChI is InChI=1S/C16H14ClN3O2S/c17-13-1-3-14(4-2-13)22-10-16(21)19-15-5-7-18-20(15)9-12-6-8-23-11-12/h1-8,11H,9-10H2,(H,19,21). The quantitative estimate of drug-likeness (QED) is 0.740. The Kier molecular flexibility index (Phi) is 4.95. The van der Waals surface area contributed by atoms with Crippen molar-refractivity contribution in [2.24, 2.45) is 0 Å². The van der Waals surface area contributed by atoms with Crippen molar-refractivity contribution in [2.75, 3.05) is 11.9 Å². The summed E-state index contributed by atoms with van der Waals surface area (Å²) < 4.78 is 7.16. The third-order valence-corrected chi connectivity index (χ3v) is 4.06. The fraction of sp³-hybridized carbons (Fsp3) is 0.125. The number of carbonyl (C=O) groups excluding carboxylic acids is 1. The average molecular weight is 348 g/mol. The zero-order valence-corrected chi connectivity index (χ0v) is 13.7. The lowest BCUT2D eigenvalue weighted by molar-refractivity contribution is -0.118. The lowest BCUT2D eigenvalue weighted by atomic mass is 10.3. The maximum atomic E-state index is 12.0. The van der Waals surface area contributed by atoms with Gasteiger partial charge in [0.2, 0.25) is 0 Å². The van der Waals surface area contributed by atoms with Gasteiger partial charge in [0.1, 0.15) is 11.6 Å². The van der Waals surface area contributed by atoms with Gasteiger partial charge in [-0.05, 0) is 46.7 Å². The molecule has 0 spiro atoms. The van der Waals surface area contributed by atoms with Gasteiger partial charge >= 0.3 is 0 Å². The Labute approximate surface area is 142 Å². The number of carbonyl (C=O) groups is 1. The fourth-order valence-corrected chi connectivity index (χ4v) is 2.76. The molecular formula is C16H14ClN3O2S. The maximum absolute atomic E-state index is 12.0. The summed E-state index contributed by atoms with van der Waals surface area (Å²) in [4.78, 5) is 12.0. The van der Waals surface area contributed by atoms with Gasteiger partial charge in [0, 0.05) is 11.1 Å². The van der Waals surface area contributed by atoms with E-state index in [1.807, 2.05) is 11.4 Å². The predicted octanol–water partition coefficient (Wildman–Crippen LogP) is 3.66. The number of hydrogen-bond acceptors (Lipinski definition) is 4. The monoisotopic (exact) mass is 347 g/mol. The van der Waals surface area contributed by atoms with Gasteiger partial charge in [-0.1, -0.05) is 11.6 Å². The second kappa shape index (κ2) is 7.30. The number of benzene rings is 1. The molecule has 0 aliphatic rings. The summed E-state index contributed by atoms with van der Waals surface area (Å²) >= 11 is 7.43. The van der Waals surface area contributed by atoms with Crippen LogP contribution in [0, 0.1) is 0 Å². The Bertz CT molecular complexity index is 769. The van der Waals surface area contributed by atoms with Crippen molar-refractivity contribution >= 4 is 34.7 Å². The minimum absolute atomic E-state index is 0.0781. The third-order valence-electron chi connectivity index (χ3n) is 3.08. The molecule has 0 fully saturated rings. The van der Waals surface area contributed by atoms with Crippen molar-refractivity contribution in [1.82, 2.24) is 9.78 Å². The number of ether oxygens (including phenoxy) is 1. The number of rotatable bonds is 6. The number of aromatic nitrogens is 2. The lowest BCUT2D eigenvalue weighted by Gasteiger charge is -2.09. The van der Waals surface area contributed by atoms with Gasteiger partial charge in [-0.3, -0.25) is 4.79 Å². The van der Waals surface area contributed by atoms with E-state index < -0.39 is 0 Å². The van der Waals surface area contributed by atoms with Gasteiger partial charge in [-0.15, -0.1) is 0 Å². The largest absolute Gasteiger partial charge is 0.484 e. The number of nitrogens with zero attached hydrogens (tertiary/aromatic N) is 2. The van der Waals surface area contributed by atoms with Crippen LogP contribution in [0.15, 0.2) is 53.4 Å². The highest BCUT2D eigenvalue weighted by Gasteiger charge is 2.09. The minimum Gasteiger partial charge on any atom is -0.484 e. The zero-order chi connectivity index (χ0) is 16.1. The van der Waals surface area contributed by atoms with Gasteiger partial charge in [-0.2, -0.15) is 16.4 Å². The van der Waals surface area contributed by atoms with Crippen molar-refractivity contribution in [3.05, 3.63) is 63.9 Å². The molecule has 0 aliphatic carbocycles. The zero-order valence-electron chi connectivity index (χ0n) is 12.1. The Morgan fingerprint density at radius 2 is 2.09 bits per heavy atom. The van der Waals surface area contributed by atoms with Crippen LogP contribution in [0.4, 0.5) is 5.82 Å². The van der Waals surface area contributed by atoms with E-state index in [2.05, 4.69) is 15.8 Å². The molecule has 0 unspecified atom stereocenters. The van der Waals surface area contributed by atoms with E-state index in [0.29, 0.717) is 23.1 Å². The van der Waals surface area contributed by atoms with E-state index in [-0.39, 0.29) is 12.5 Å². The molecule has 1 aromatic carbocycles. The minimum atomic E-state index is -0.244. The Hall–Kier alpha value is -2.31. The molecule has 23 heavy (non-hydrogen) atoms. The van der Waals surface area contributed by atoms with E-state index >= 15 is 0 Å². The molecule has 0 bridgehead atoms. The number of thiophene rings is 1. The van der Waals surface area contributed by atoms with Crippen LogP contribution in [0.2, 0.25) is 5.02 Å². The smallest absolute Gasteiger partial charge is 0.263 e. The first kappa shape index (κ1) is 15.6. The molecule has 0 radical (unpaired) electrons. The second-order valence-corrected chi connectivity index (χ2v) is 6.01. The van der Waals surface area contributed by atoms with Crippen molar-refractivity contribution < 1.29 is 9.53 Å². The van der Waals surface area contributed by atoms with Crippen LogP contribution in [0.3, 0.4) is 0 Å². The molecule has 2 aromatic heterocycles. The summed E-state index contributed by atoms with van der Waals surface area (Å²) in [5, 5.41) is 11.7. The summed E-state index contributed by atoms with van der Waals surface area (Å²) in [5.74, 6) is 0.990. The summed E-state index contributed by atoms with van der Waals surface area (Å²) in [6.07, 6.45) is 1.65. The molecule has 0 saturated carbocycles. The highest BCUT2D eigenvalue weighted by Crippen LogP contribution is 2.16. The van der Waals surface area contributed by atoms with Crippen LogP contribution in [-0.4, -0.2) is 22.3 Å². The second-order valence-electron chi connectivity index (χ2n) is 4.80. The van der Waals surface area contributed by atoms with E-state index in [9.17, 15) is 4.79 Å². The van der Waals surface area contributed by atoms with Crippen LogP contribution < -0.4 is 10.1 Å². The summed E-state index contributed by atoms with van der Waals surface area (Å²) in [6.45, 7) is 0.537. The van der Waals surface area contributed by atoms with Gasteiger partial charge in [0.05, 0.1) is 12.7 Å². The van der Waals surface area contributed by atoms with Crippen LogP contribution in [0.1, 0.15) is 5.56 Å². The SMILES string of the molecule is O=C(COc1ccc(Cl)cc1)Nc1ccnn1Cc1ccsc1. The molecule has 118 valence electrons. The first-order valence-electron chi connectivity index (χ1n) is 6.92. The highest BCUT2D eigenvalue weighted by atomic mass is 35.5.